The highest BCUT2D eigenvalue weighted by atomic mass is 16.1. The Kier molecular flexibility index (Phi) is 3.96. The van der Waals surface area contributed by atoms with Crippen molar-refractivity contribution in [2.75, 3.05) is 11.4 Å². The van der Waals surface area contributed by atoms with Gasteiger partial charge in [-0.25, -0.2) is 0 Å². The van der Waals surface area contributed by atoms with Gasteiger partial charge in [-0.3, -0.25) is 4.79 Å². The summed E-state index contributed by atoms with van der Waals surface area (Å²) in [6.45, 7) is 1.98. The Balaban J connectivity index is 1.23. The van der Waals surface area contributed by atoms with E-state index in [4.69, 9.17) is 0 Å². The first-order valence-corrected chi connectivity index (χ1v) is 9.99. The molecule has 1 amide bonds. The van der Waals surface area contributed by atoms with Gasteiger partial charge in [-0.2, -0.15) is 0 Å². The highest BCUT2D eigenvalue weighted by Gasteiger charge is 2.40. The van der Waals surface area contributed by atoms with Crippen LogP contribution in [0.2, 0.25) is 0 Å². The SMILES string of the molecule is O=C(N[C@@H]1C[C@@H]2CC[C@@H]1C2)c1ccc(CN2CCc3ccccc32)cc1. The van der Waals surface area contributed by atoms with Crippen molar-refractivity contribution in [1.29, 1.82) is 0 Å². The summed E-state index contributed by atoms with van der Waals surface area (Å²) < 4.78 is 0. The van der Waals surface area contributed by atoms with Crippen LogP contribution in [0.15, 0.2) is 48.5 Å². The molecule has 1 N–H and O–H groups in total. The number of nitrogens with one attached hydrogen (secondary N) is 1. The number of hydrogen-bond acceptors (Lipinski definition) is 2. The topological polar surface area (TPSA) is 32.3 Å². The molecule has 2 bridgehead atoms. The zero-order valence-corrected chi connectivity index (χ0v) is 15.2. The second-order valence-electron chi connectivity index (χ2n) is 8.25. The standard InChI is InChI=1S/C23H26N2O/c26-23(24-21-14-17-7-10-20(21)13-17)19-8-5-16(6-9-19)15-25-12-11-18-3-1-2-4-22(18)25/h1-6,8-9,17,20-21H,7,10-15H2,(H,24,26)/t17-,20-,21-/m1/s1. The molecule has 2 aliphatic carbocycles. The molecule has 1 heterocycles. The highest BCUT2D eigenvalue weighted by Crippen LogP contribution is 2.44. The molecule has 134 valence electrons. The van der Waals surface area contributed by atoms with E-state index in [0.717, 1.165) is 36.9 Å². The lowest BCUT2D eigenvalue weighted by atomic mass is 9.95. The van der Waals surface area contributed by atoms with Crippen molar-refractivity contribution >= 4 is 11.6 Å². The molecular weight excluding hydrogens is 320 g/mol. The molecule has 2 aromatic carbocycles. The van der Waals surface area contributed by atoms with E-state index in [9.17, 15) is 4.79 Å². The van der Waals surface area contributed by atoms with Crippen LogP contribution in [0.4, 0.5) is 5.69 Å². The van der Waals surface area contributed by atoms with Crippen LogP contribution in [-0.2, 0) is 13.0 Å². The Bertz CT molecular complexity index is 813. The first-order chi connectivity index (χ1) is 12.8. The van der Waals surface area contributed by atoms with Crippen molar-refractivity contribution < 1.29 is 4.79 Å². The smallest absolute Gasteiger partial charge is 0.251 e. The van der Waals surface area contributed by atoms with Gasteiger partial charge in [0.1, 0.15) is 0 Å². The Morgan fingerprint density at radius 1 is 1.04 bits per heavy atom. The van der Waals surface area contributed by atoms with Crippen LogP contribution in [0, 0.1) is 11.8 Å². The first-order valence-electron chi connectivity index (χ1n) is 9.99. The molecule has 0 radical (unpaired) electrons. The maximum Gasteiger partial charge on any atom is 0.251 e. The molecule has 3 heteroatoms. The minimum absolute atomic E-state index is 0.0978. The molecule has 3 atom stereocenters. The third-order valence-electron chi connectivity index (χ3n) is 6.63. The van der Waals surface area contributed by atoms with Crippen LogP contribution in [0.25, 0.3) is 0 Å². The van der Waals surface area contributed by atoms with Gasteiger partial charge in [0, 0.05) is 30.4 Å². The third kappa shape index (κ3) is 2.90. The molecule has 3 aliphatic rings. The van der Waals surface area contributed by atoms with Gasteiger partial charge in [0.15, 0.2) is 0 Å². The Labute approximate surface area is 155 Å². The van der Waals surface area contributed by atoms with E-state index in [1.807, 2.05) is 12.1 Å². The molecule has 0 spiro atoms. The van der Waals surface area contributed by atoms with Crippen LogP contribution in [0.3, 0.4) is 0 Å². The molecule has 2 fully saturated rings. The summed E-state index contributed by atoms with van der Waals surface area (Å²) in [5, 5.41) is 3.28. The quantitative estimate of drug-likeness (QED) is 0.901. The van der Waals surface area contributed by atoms with Crippen LogP contribution < -0.4 is 10.2 Å². The third-order valence-corrected chi connectivity index (χ3v) is 6.63. The second-order valence-corrected chi connectivity index (χ2v) is 8.25. The second kappa shape index (κ2) is 6.46. The van der Waals surface area contributed by atoms with E-state index >= 15 is 0 Å². The highest BCUT2D eigenvalue weighted by molar-refractivity contribution is 5.94. The van der Waals surface area contributed by atoms with E-state index in [0.29, 0.717) is 6.04 Å². The summed E-state index contributed by atoms with van der Waals surface area (Å²) in [5.41, 5.74) is 4.84. The number of benzene rings is 2. The number of carbonyl (C=O) groups excluding carboxylic acids is 1. The largest absolute Gasteiger partial charge is 0.367 e. The molecule has 0 unspecified atom stereocenters. The van der Waals surface area contributed by atoms with Crippen LogP contribution >= 0.6 is 0 Å². The van der Waals surface area contributed by atoms with Crippen molar-refractivity contribution in [3.63, 3.8) is 0 Å². The van der Waals surface area contributed by atoms with E-state index in [1.165, 1.54) is 42.5 Å². The van der Waals surface area contributed by atoms with Crippen molar-refractivity contribution in [2.45, 2.75) is 44.7 Å². The predicted octanol–water partition coefficient (Wildman–Crippen LogP) is 4.17. The number of amides is 1. The minimum Gasteiger partial charge on any atom is -0.367 e. The number of para-hydroxylation sites is 1. The van der Waals surface area contributed by atoms with Crippen LogP contribution in [-0.4, -0.2) is 18.5 Å². The van der Waals surface area contributed by atoms with E-state index < -0.39 is 0 Å². The average molecular weight is 346 g/mol. The van der Waals surface area contributed by atoms with Gasteiger partial charge in [0.05, 0.1) is 0 Å². The summed E-state index contributed by atoms with van der Waals surface area (Å²) >= 11 is 0. The summed E-state index contributed by atoms with van der Waals surface area (Å²) in [6, 6.07) is 17.2. The van der Waals surface area contributed by atoms with Crippen LogP contribution in [0.5, 0.6) is 0 Å². The summed E-state index contributed by atoms with van der Waals surface area (Å²) in [7, 11) is 0. The van der Waals surface area contributed by atoms with Crippen molar-refractivity contribution in [3.05, 3.63) is 65.2 Å². The monoisotopic (exact) mass is 346 g/mol. The molecule has 2 aromatic rings. The lowest BCUT2D eigenvalue weighted by molar-refractivity contribution is 0.0923. The van der Waals surface area contributed by atoms with E-state index in [2.05, 4.69) is 46.6 Å². The fraction of sp³-hybridized carbons (Fsp3) is 0.435. The van der Waals surface area contributed by atoms with E-state index in [1.54, 1.807) is 0 Å². The number of fused-ring (bicyclic) bond motifs is 3. The Hall–Kier alpha value is -2.29. The molecule has 5 rings (SSSR count). The van der Waals surface area contributed by atoms with Gasteiger partial charge >= 0.3 is 0 Å². The Morgan fingerprint density at radius 3 is 2.65 bits per heavy atom. The zero-order valence-electron chi connectivity index (χ0n) is 15.2. The van der Waals surface area contributed by atoms with Gasteiger partial charge in [0.25, 0.3) is 5.91 Å². The maximum absolute atomic E-state index is 12.6. The number of carbonyl (C=O) groups is 1. The number of nitrogens with zero attached hydrogens (tertiary/aromatic N) is 1. The van der Waals surface area contributed by atoms with Crippen LogP contribution in [0.1, 0.15) is 47.2 Å². The van der Waals surface area contributed by atoms with Gasteiger partial charge in [-0.05, 0) is 66.8 Å². The number of anilines is 1. The van der Waals surface area contributed by atoms with Gasteiger partial charge in [0.2, 0.25) is 0 Å². The normalized spacial score (nSPS) is 26.2. The maximum atomic E-state index is 12.6. The lowest BCUT2D eigenvalue weighted by Crippen LogP contribution is -2.38. The molecular formula is C23H26N2O. The fourth-order valence-corrected chi connectivity index (χ4v) is 5.23. The summed E-state index contributed by atoms with van der Waals surface area (Å²) in [5.74, 6) is 1.68. The number of rotatable bonds is 4. The first kappa shape index (κ1) is 15.9. The van der Waals surface area contributed by atoms with Crippen molar-refractivity contribution in [2.24, 2.45) is 11.8 Å². The minimum atomic E-state index is 0.0978. The number of hydrogen-bond donors (Lipinski definition) is 1. The van der Waals surface area contributed by atoms with Crippen molar-refractivity contribution in [1.82, 2.24) is 5.32 Å². The molecule has 0 saturated heterocycles. The Morgan fingerprint density at radius 2 is 1.88 bits per heavy atom. The predicted molar refractivity (Wildman–Crippen MR) is 104 cm³/mol. The molecule has 3 nitrogen and oxygen atoms in total. The average Bonchev–Trinajstić information content (AvgIpc) is 3.38. The molecule has 26 heavy (non-hydrogen) atoms. The molecule has 2 saturated carbocycles. The van der Waals surface area contributed by atoms with Crippen molar-refractivity contribution in [3.8, 4) is 0 Å². The summed E-state index contributed by atoms with van der Waals surface area (Å²) in [6.07, 6.45) is 6.29. The van der Waals surface area contributed by atoms with Gasteiger partial charge < -0.3 is 10.2 Å². The van der Waals surface area contributed by atoms with Gasteiger partial charge in [-0.15, -0.1) is 0 Å². The summed E-state index contributed by atoms with van der Waals surface area (Å²) in [4.78, 5) is 15.0. The lowest BCUT2D eigenvalue weighted by Gasteiger charge is -2.23. The fourth-order valence-electron chi connectivity index (χ4n) is 5.23. The van der Waals surface area contributed by atoms with Gasteiger partial charge in [-0.1, -0.05) is 36.8 Å². The molecule has 1 aliphatic heterocycles. The van der Waals surface area contributed by atoms with E-state index in [-0.39, 0.29) is 5.91 Å². The molecule has 0 aromatic heterocycles. The zero-order chi connectivity index (χ0) is 17.5.